The average Bonchev–Trinajstić information content (AvgIpc) is 2.42. The van der Waals surface area contributed by atoms with Crippen LogP contribution in [0.25, 0.3) is 0 Å². The first-order chi connectivity index (χ1) is 9.19. The summed E-state index contributed by atoms with van der Waals surface area (Å²) < 4.78 is 5.21. The summed E-state index contributed by atoms with van der Waals surface area (Å²) in [5, 5.41) is 0. The van der Waals surface area contributed by atoms with Crippen molar-refractivity contribution in [1.82, 2.24) is 4.90 Å². The third-order valence-corrected chi connectivity index (χ3v) is 4.13. The maximum atomic E-state index is 5.70. The van der Waals surface area contributed by atoms with Gasteiger partial charge in [-0.05, 0) is 51.6 Å². The van der Waals surface area contributed by atoms with Crippen LogP contribution >= 0.6 is 0 Å². The number of rotatable bonds is 13. The molecule has 0 aliphatic carbocycles. The highest BCUT2D eigenvalue weighted by atomic mass is 16.5. The minimum atomic E-state index is 0.661. The highest BCUT2D eigenvalue weighted by Gasteiger charge is 2.13. The monoisotopic (exact) mass is 272 g/mol. The molecule has 0 aliphatic heterocycles. The molecule has 0 rings (SSSR count). The molecule has 19 heavy (non-hydrogen) atoms. The molecule has 2 atom stereocenters. The lowest BCUT2D eigenvalue weighted by atomic mass is 9.94. The van der Waals surface area contributed by atoms with Gasteiger partial charge in [0, 0.05) is 19.7 Å². The average molecular weight is 272 g/mol. The van der Waals surface area contributed by atoms with Crippen LogP contribution in [0.3, 0.4) is 0 Å². The summed E-state index contributed by atoms with van der Waals surface area (Å²) in [6.45, 7) is 10.8. The summed E-state index contributed by atoms with van der Waals surface area (Å²) in [6.07, 6.45) is 7.63. The number of nitrogens with two attached hydrogens (primary N) is 1. The van der Waals surface area contributed by atoms with Crippen molar-refractivity contribution in [3.8, 4) is 0 Å². The van der Waals surface area contributed by atoms with Crippen LogP contribution in [-0.2, 0) is 4.74 Å². The van der Waals surface area contributed by atoms with Crippen molar-refractivity contribution in [2.45, 2.75) is 65.3 Å². The SMILES string of the molecule is CCCC(CCN)CCCN(CCOC)C(C)CC. The Morgan fingerprint density at radius 1 is 1.11 bits per heavy atom. The summed E-state index contributed by atoms with van der Waals surface area (Å²) in [5.74, 6) is 0.830. The van der Waals surface area contributed by atoms with Crippen LogP contribution in [0.4, 0.5) is 0 Å². The van der Waals surface area contributed by atoms with E-state index in [1.54, 1.807) is 7.11 Å². The number of ether oxygens (including phenoxy) is 1. The van der Waals surface area contributed by atoms with Gasteiger partial charge < -0.3 is 10.5 Å². The highest BCUT2D eigenvalue weighted by molar-refractivity contribution is 4.68. The molecule has 0 aliphatic rings. The van der Waals surface area contributed by atoms with Crippen LogP contribution in [0.1, 0.15) is 59.3 Å². The molecule has 2 unspecified atom stereocenters. The van der Waals surface area contributed by atoms with Gasteiger partial charge in [-0.15, -0.1) is 0 Å². The fourth-order valence-corrected chi connectivity index (χ4v) is 2.68. The van der Waals surface area contributed by atoms with Crippen LogP contribution in [0, 0.1) is 5.92 Å². The van der Waals surface area contributed by atoms with Crippen molar-refractivity contribution in [3.05, 3.63) is 0 Å². The third kappa shape index (κ3) is 9.42. The van der Waals surface area contributed by atoms with Crippen molar-refractivity contribution in [1.29, 1.82) is 0 Å². The molecule has 3 heteroatoms. The van der Waals surface area contributed by atoms with Crippen LogP contribution < -0.4 is 5.73 Å². The first-order valence-corrected chi connectivity index (χ1v) is 8.12. The molecular weight excluding hydrogens is 236 g/mol. The quantitative estimate of drug-likeness (QED) is 0.559. The molecule has 0 fully saturated rings. The van der Waals surface area contributed by atoms with Gasteiger partial charge in [-0.1, -0.05) is 26.7 Å². The highest BCUT2D eigenvalue weighted by Crippen LogP contribution is 2.17. The molecule has 0 aromatic carbocycles. The van der Waals surface area contributed by atoms with E-state index in [9.17, 15) is 0 Å². The van der Waals surface area contributed by atoms with Crippen molar-refractivity contribution < 1.29 is 4.74 Å². The van der Waals surface area contributed by atoms with E-state index in [-0.39, 0.29) is 0 Å². The van der Waals surface area contributed by atoms with Gasteiger partial charge in [0.2, 0.25) is 0 Å². The van der Waals surface area contributed by atoms with Gasteiger partial charge in [0.1, 0.15) is 0 Å². The van der Waals surface area contributed by atoms with E-state index >= 15 is 0 Å². The van der Waals surface area contributed by atoms with E-state index in [2.05, 4.69) is 25.7 Å². The Hall–Kier alpha value is -0.120. The second-order valence-electron chi connectivity index (χ2n) is 5.66. The number of hydrogen-bond donors (Lipinski definition) is 1. The van der Waals surface area contributed by atoms with E-state index in [1.807, 2.05) is 0 Å². The van der Waals surface area contributed by atoms with E-state index < -0.39 is 0 Å². The lowest BCUT2D eigenvalue weighted by Crippen LogP contribution is -2.36. The van der Waals surface area contributed by atoms with Gasteiger partial charge in [0.25, 0.3) is 0 Å². The molecule has 0 saturated heterocycles. The van der Waals surface area contributed by atoms with E-state index in [1.165, 1.54) is 45.1 Å². The molecule has 0 heterocycles. The van der Waals surface area contributed by atoms with Crippen molar-refractivity contribution >= 4 is 0 Å². The molecule has 0 bridgehead atoms. The second-order valence-corrected chi connectivity index (χ2v) is 5.66. The van der Waals surface area contributed by atoms with Gasteiger partial charge in [-0.25, -0.2) is 0 Å². The topological polar surface area (TPSA) is 38.5 Å². The maximum absolute atomic E-state index is 5.70. The number of hydrogen-bond acceptors (Lipinski definition) is 3. The molecule has 3 nitrogen and oxygen atoms in total. The molecule has 2 N–H and O–H groups in total. The fraction of sp³-hybridized carbons (Fsp3) is 1.00. The van der Waals surface area contributed by atoms with Crippen LogP contribution in [0.2, 0.25) is 0 Å². The van der Waals surface area contributed by atoms with E-state index in [0.717, 1.165) is 25.6 Å². The van der Waals surface area contributed by atoms with Gasteiger partial charge >= 0.3 is 0 Å². The summed E-state index contributed by atoms with van der Waals surface area (Å²) in [7, 11) is 1.79. The predicted octanol–water partition coefficient (Wildman–Crippen LogP) is 3.28. The summed E-state index contributed by atoms with van der Waals surface area (Å²) in [4.78, 5) is 2.56. The third-order valence-electron chi connectivity index (χ3n) is 4.13. The Kier molecular flexibility index (Phi) is 12.8. The van der Waals surface area contributed by atoms with Gasteiger partial charge in [0.15, 0.2) is 0 Å². The normalized spacial score (nSPS) is 14.8. The molecule has 0 amide bonds. The van der Waals surface area contributed by atoms with E-state index in [4.69, 9.17) is 10.5 Å². The molecule has 0 aromatic heterocycles. The van der Waals surface area contributed by atoms with Crippen LogP contribution in [0.15, 0.2) is 0 Å². The number of nitrogens with zero attached hydrogens (tertiary/aromatic N) is 1. The second kappa shape index (κ2) is 12.9. The maximum Gasteiger partial charge on any atom is 0.0589 e. The molecule has 0 radical (unpaired) electrons. The lowest BCUT2D eigenvalue weighted by molar-refractivity contribution is 0.120. The van der Waals surface area contributed by atoms with Crippen molar-refractivity contribution in [3.63, 3.8) is 0 Å². The lowest BCUT2D eigenvalue weighted by Gasteiger charge is -2.28. The first-order valence-electron chi connectivity index (χ1n) is 8.12. The van der Waals surface area contributed by atoms with Crippen LogP contribution in [0.5, 0.6) is 0 Å². The zero-order chi connectivity index (χ0) is 14.5. The minimum Gasteiger partial charge on any atom is -0.383 e. The van der Waals surface area contributed by atoms with Gasteiger partial charge in [-0.3, -0.25) is 4.90 Å². The Morgan fingerprint density at radius 3 is 2.37 bits per heavy atom. The largest absolute Gasteiger partial charge is 0.383 e. The Balaban J connectivity index is 4.00. The first kappa shape index (κ1) is 18.9. The summed E-state index contributed by atoms with van der Waals surface area (Å²) in [5.41, 5.74) is 5.70. The predicted molar refractivity (Wildman–Crippen MR) is 84.5 cm³/mol. The van der Waals surface area contributed by atoms with Crippen molar-refractivity contribution in [2.24, 2.45) is 11.7 Å². The van der Waals surface area contributed by atoms with Crippen LogP contribution in [-0.4, -0.2) is 44.3 Å². The minimum absolute atomic E-state index is 0.661. The molecule has 0 spiro atoms. The fourth-order valence-electron chi connectivity index (χ4n) is 2.68. The standard InChI is InChI=1S/C16H36N2O/c1-5-8-16(10-11-17)9-7-12-18(13-14-19-4)15(3)6-2/h15-16H,5-14,17H2,1-4H3. The molecular formula is C16H36N2O. The van der Waals surface area contributed by atoms with E-state index in [0.29, 0.717) is 6.04 Å². The molecule has 0 saturated carbocycles. The Bertz CT molecular complexity index is 182. The van der Waals surface area contributed by atoms with Crippen molar-refractivity contribution in [2.75, 3.05) is 33.4 Å². The van der Waals surface area contributed by atoms with Gasteiger partial charge in [0.05, 0.1) is 6.61 Å². The zero-order valence-electron chi connectivity index (χ0n) is 13.7. The molecule has 116 valence electrons. The smallest absolute Gasteiger partial charge is 0.0589 e. The summed E-state index contributed by atoms with van der Waals surface area (Å²) >= 11 is 0. The Morgan fingerprint density at radius 2 is 1.84 bits per heavy atom. The summed E-state index contributed by atoms with van der Waals surface area (Å²) in [6, 6.07) is 0.661. The van der Waals surface area contributed by atoms with Gasteiger partial charge in [-0.2, -0.15) is 0 Å². The zero-order valence-corrected chi connectivity index (χ0v) is 13.7. The Labute approximate surface area is 120 Å². The number of methoxy groups -OCH3 is 1. The molecule has 0 aromatic rings.